The summed E-state index contributed by atoms with van der Waals surface area (Å²) in [5.74, 6) is -1.36. The number of nitrogens with one attached hydrogen (secondary N) is 1. The van der Waals surface area contributed by atoms with E-state index in [1.54, 1.807) is 17.5 Å². The Hall–Kier alpha value is -2.44. The summed E-state index contributed by atoms with van der Waals surface area (Å²) in [4.78, 5) is 25.5. The highest BCUT2D eigenvalue weighted by Gasteiger charge is 2.21. The third-order valence-electron chi connectivity index (χ3n) is 3.31. The third kappa shape index (κ3) is 3.18. The fraction of sp³-hybridized carbons (Fsp3) is 0.0588. The molecule has 0 atom stereocenters. The van der Waals surface area contributed by atoms with E-state index in [4.69, 9.17) is 0 Å². The number of thiophene rings is 2. The molecule has 2 heterocycles. The van der Waals surface area contributed by atoms with Crippen LogP contribution < -0.4 is 5.32 Å². The predicted octanol–water partition coefficient (Wildman–Crippen LogP) is 4.74. The smallest absolute Gasteiger partial charge is 0.339 e. The quantitative estimate of drug-likeness (QED) is 0.719. The number of hydrogen-bond acceptors (Lipinski definition) is 4. The van der Waals surface area contributed by atoms with Crippen molar-refractivity contribution in [2.24, 2.45) is 0 Å². The molecule has 4 nitrogen and oxygen atoms in total. The van der Waals surface area contributed by atoms with Gasteiger partial charge in [-0.15, -0.1) is 22.7 Å². The van der Waals surface area contributed by atoms with E-state index >= 15 is 0 Å². The Bertz CT molecular complexity index is 849. The van der Waals surface area contributed by atoms with Gasteiger partial charge in [0.2, 0.25) is 0 Å². The van der Waals surface area contributed by atoms with E-state index in [-0.39, 0.29) is 11.5 Å². The van der Waals surface area contributed by atoms with Crippen molar-refractivity contribution in [3.8, 4) is 9.75 Å². The van der Waals surface area contributed by atoms with E-state index in [9.17, 15) is 14.7 Å². The van der Waals surface area contributed by atoms with E-state index in [2.05, 4.69) is 5.32 Å². The van der Waals surface area contributed by atoms with Gasteiger partial charge in [0.1, 0.15) is 5.56 Å². The summed E-state index contributed by atoms with van der Waals surface area (Å²) in [7, 11) is 0. The summed E-state index contributed by atoms with van der Waals surface area (Å²) in [5.41, 5.74) is 2.02. The second-order valence-corrected chi connectivity index (χ2v) is 6.78. The number of carbonyl (C=O) groups excluding carboxylic acids is 1. The second-order valence-electron chi connectivity index (χ2n) is 4.96. The van der Waals surface area contributed by atoms with Crippen LogP contribution in [0.25, 0.3) is 9.75 Å². The normalized spacial score (nSPS) is 10.5. The van der Waals surface area contributed by atoms with Crippen LogP contribution >= 0.6 is 22.7 Å². The zero-order chi connectivity index (χ0) is 16.4. The molecule has 0 aliphatic heterocycles. The Balaban J connectivity index is 1.93. The Morgan fingerprint density at radius 3 is 2.43 bits per heavy atom. The van der Waals surface area contributed by atoms with Crippen LogP contribution in [0.5, 0.6) is 0 Å². The molecule has 0 fully saturated rings. The van der Waals surface area contributed by atoms with E-state index < -0.39 is 5.97 Å². The molecule has 0 saturated carbocycles. The van der Waals surface area contributed by atoms with E-state index in [0.717, 1.165) is 10.4 Å². The number of hydrogen-bond donors (Lipinski definition) is 2. The van der Waals surface area contributed by atoms with Crippen LogP contribution in [-0.4, -0.2) is 17.0 Å². The molecule has 6 heteroatoms. The Kier molecular flexibility index (Phi) is 4.27. The van der Waals surface area contributed by atoms with Gasteiger partial charge in [-0.25, -0.2) is 4.79 Å². The molecular formula is C17H13NO3S2. The Morgan fingerprint density at radius 2 is 1.83 bits per heavy atom. The molecule has 2 aromatic heterocycles. The molecular weight excluding hydrogens is 330 g/mol. The molecule has 3 aromatic rings. The van der Waals surface area contributed by atoms with Crippen molar-refractivity contribution < 1.29 is 14.7 Å². The van der Waals surface area contributed by atoms with Crippen LogP contribution in [0.4, 0.5) is 5.69 Å². The van der Waals surface area contributed by atoms with Crippen molar-refractivity contribution in [3.05, 3.63) is 63.8 Å². The predicted molar refractivity (Wildman–Crippen MR) is 93.7 cm³/mol. The second kappa shape index (κ2) is 6.36. The lowest BCUT2D eigenvalue weighted by molar-refractivity contribution is 0.0699. The lowest BCUT2D eigenvalue weighted by Gasteiger charge is -2.06. The molecule has 1 aromatic carbocycles. The van der Waals surface area contributed by atoms with Crippen LogP contribution in [-0.2, 0) is 0 Å². The molecule has 23 heavy (non-hydrogen) atoms. The van der Waals surface area contributed by atoms with Crippen molar-refractivity contribution >= 4 is 40.2 Å². The summed E-state index contributed by atoms with van der Waals surface area (Å²) in [5, 5.41) is 15.8. The van der Waals surface area contributed by atoms with Gasteiger partial charge in [-0.05, 0) is 30.5 Å². The van der Waals surface area contributed by atoms with Gasteiger partial charge >= 0.3 is 5.97 Å². The van der Waals surface area contributed by atoms with Crippen LogP contribution in [0.2, 0.25) is 0 Å². The molecule has 0 aliphatic rings. The van der Waals surface area contributed by atoms with Gasteiger partial charge < -0.3 is 10.4 Å². The molecule has 0 spiro atoms. The summed E-state index contributed by atoms with van der Waals surface area (Å²) in [6.45, 7) is 1.94. The number of amides is 1. The third-order valence-corrected chi connectivity index (χ3v) is 5.34. The highest BCUT2D eigenvalue weighted by Crippen LogP contribution is 2.38. The molecule has 116 valence electrons. The first-order chi connectivity index (χ1) is 11.1. The zero-order valence-corrected chi connectivity index (χ0v) is 13.8. The average Bonchev–Trinajstić information content (AvgIpc) is 3.16. The number of carbonyl (C=O) groups is 2. The minimum absolute atomic E-state index is 0.137. The topological polar surface area (TPSA) is 66.4 Å². The highest BCUT2D eigenvalue weighted by molar-refractivity contribution is 7.21. The fourth-order valence-electron chi connectivity index (χ4n) is 2.15. The van der Waals surface area contributed by atoms with Crippen LogP contribution in [0.1, 0.15) is 26.3 Å². The summed E-state index contributed by atoms with van der Waals surface area (Å²) in [6.07, 6.45) is 0. The first-order valence-corrected chi connectivity index (χ1v) is 8.59. The number of benzene rings is 1. The van der Waals surface area contributed by atoms with Crippen molar-refractivity contribution in [1.29, 1.82) is 0 Å². The summed E-state index contributed by atoms with van der Waals surface area (Å²) in [6, 6.07) is 10.9. The van der Waals surface area contributed by atoms with Gasteiger partial charge in [-0.3, -0.25) is 4.79 Å². The number of carboxylic acid groups (broad SMARTS) is 1. The molecule has 0 bridgehead atoms. The molecule has 0 radical (unpaired) electrons. The van der Waals surface area contributed by atoms with E-state index in [1.807, 2.05) is 36.6 Å². The maximum absolute atomic E-state index is 12.3. The molecule has 2 N–H and O–H groups in total. The first kappa shape index (κ1) is 15.5. The summed E-state index contributed by atoms with van der Waals surface area (Å²) < 4.78 is 0. The maximum Gasteiger partial charge on any atom is 0.339 e. The molecule has 3 rings (SSSR count). The van der Waals surface area contributed by atoms with Crippen LogP contribution in [0.3, 0.4) is 0 Å². The zero-order valence-electron chi connectivity index (χ0n) is 12.2. The molecule has 0 aliphatic carbocycles. The van der Waals surface area contributed by atoms with Gasteiger partial charge in [-0.1, -0.05) is 23.8 Å². The maximum atomic E-state index is 12.3. The number of carboxylic acids is 1. The molecule has 0 unspecified atom stereocenters. The largest absolute Gasteiger partial charge is 0.478 e. The number of anilines is 1. The van der Waals surface area contributed by atoms with Gasteiger partial charge in [0.25, 0.3) is 5.91 Å². The Morgan fingerprint density at radius 1 is 1.09 bits per heavy atom. The van der Waals surface area contributed by atoms with Gasteiger partial charge in [0.05, 0.1) is 10.6 Å². The van der Waals surface area contributed by atoms with Crippen molar-refractivity contribution in [1.82, 2.24) is 0 Å². The van der Waals surface area contributed by atoms with Gasteiger partial charge in [0.15, 0.2) is 0 Å². The minimum atomic E-state index is -1.05. The SMILES string of the molecule is Cc1ccc(C(=O)Nc2csc(-c3cccs3)c2C(=O)O)cc1. The number of rotatable bonds is 4. The van der Waals surface area contributed by atoms with Crippen LogP contribution in [0, 0.1) is 6.92 Å². The molecule has 1 amide bonds. The number of aryl methyl sites for hydroxylation is 1. The van der Waals surface area contributed by atoms with E-state index in [1.165, 1.54) is 22.7 Å². The lowest BCUT2D eigenvalue weighted by Crippen LogP contribution is -2.13. The van der Waals surface area contributed by atoms with Gasteiger partial charge in [0, 0.05) is 15.8 Å². The van der Waals surface area contributed by atoms with Crippen molar-refractivity contribution in [3.63, 3.8) is 0 Å². The highest BCUT2D eigenvalue weighted by atomic mass is 32.1. The molecule has 0 saturated heterocycles. The average molecular weight is 343 g/mol. The lowest BCUT2D eigenvalue weighted by atomic mass is 10.1. The van der Waals surface area contributed by atoms with Crippen LogP contribution in [0.15, 0.2) is 47.2 Å². The first-order valence-electron chi connectivity index (χ1n) is 6.83. The van der Waals surface area contributed by atoms with Crippen molar-refractivity contribution in [2.45, 2.75) is 6.92 Å². The van der Waals surface area contributed by atoms with Gasteiger partial charge in [-0.2, -0.15) is 0 Å². The fourth-order valence-corrected chi connectivity index (χ4v) is 4.02. The van der Waals surface area contributed by atoms with Crippen molar-refractivity contribution in [2.75, 3.05) is 5.32 Å². The standard InChI is InChI=1S/C17H13NO3S2/c1-10-4-6-11(7-5-10)16(19)18-12-9-23-15(14(12)17(20)21)13-3-2-8-22-13/h2-9H,1H3,(H,18,19)(H,20,21). The Labute approximate surface area is 141 Å². The van der Waals surface area contributed by atoms with E-state index in [0.29, 0.717) is 16.1 Å². The minimum Gasteiger partial charge on any atom is -0.478 e. The number of aromatic carboxylic acids is 1. The summed E-state index contributed by atoms with van der Waals surface area (Å²) >= 11 is 2.79. The monoisotopic (exact) mass is 343 g/mol.